The molecule has 1 aromatic carbocycles. The van der Waals surface area contributed by atoms with Crippen molar-refractivity contribution in [2.75, 3.05) is 5.32 Å². The standard InChI is InChI=1S/C16H14N6/c1-21-16(13-8-22(10-17)9-14(13)20-21)19-15-6-11-4-2-3-5-12(11)7-18-15/h2-7H,8-9H2,1H3,(H,18,19). The van der Waals surface area contributed by atoms with Crippen molar-refractivity contribution in [3.05, 3.63) is 47.8 Å². The number of hydrogen-bond acceptors (Lipinski definition) is 5. The van der Waals surface area contributed by atoms with Crippen LogP contribution >= 0.6 is 0 Å². The molecular weight excluding hydrogens is 276 g/mol. The minimum absolute atomic E-state index is 0.576. The third-order valence-electron chi connectivity index (χ3n) is 3.94. The van der Waals surface area contributed by atoms with Gasteiger partial charge in [0, 0.05) is 24.2 Å². The number of nitrogens with zero attached hydrogens (tertiary/aromatic N) is 5. The first-order chi connectivity index (χ1) is 10.7. The van der Waals surface area contributed by atoms with Crippen molar-refractivity contribution in [1.29, 1.82) is 5.26 Å². The molecule has 0 unspecified atom stereocenters. The van der Waals surface area contributed by atoms with Crippen LogP contribution in [-0.4, -0.2) is 19.7 Å². The van der Waals surface area contributed by atoms with Gasteiger partial charge in [-0.3, -0.25) is 9.58 Å². The van der Waals surface area contributed by atoms with Gasteiger partial charge >= 0.3 is 0 Å². The van der Waals surface area contributed by atoms with E-state index >= 15 is 0 Å². The molecule has 0 radical (unpaired) electrons. The number of nitrogens with one attached hydrogen (secondary N) is 1. The first-order valence-electron chi connectivity index (χ1n) is 7.06. The molecule has 1 aliphatic rings. The molecule has 0 bridgehead atoms. The van der Waals surface area contributed by atoms with Crippen LogP contribution in [-0.2, 0) is 20.1 Å². The summed E-state index contributed by atoms with van der Waals surface area (Å²) in [6, 6.07) is 10.1. The summed E-state index contributed by atoms with van der Waals surface area (Å²) in [6.45, 7) is 1.17. The molecule has 0 spiro atoms. The Balaban J connectivity index is 1.70. The van der Waals surface area contributed by atoms with E-state index in [1.54, 1.807) is 4.90 Å². The highest BCUT2D eigenvalue weighted by molar-refractivity contribution is 5.84. The van der Waals surface area contributed by atoms with Crippen LogP contribution in [0.2, 0.25) is 0 Å². The summed E-state index contributed by atoms with van der Waals surface area (Å²) in [7, 11) is 1.90. The van der Waals surface area contributed by atoms with Gasteiger partial charge in [0.2, 0.25) is 0 Å². The maximum atomic E-state index is 9.03. The first kappa shape index (κ1) is 12.7. The summed E-state index contributed by atoms with van der Waals surface area (Å²) in [4.78, 5) is 6.15. The number of anilines is 2. The van der Waals surface area contributed by atoms with E-state index < -0.39 is 0 Å². The second kappa shape index (κ2) is 4.74. The Morgan fingerprint density at radius 3 is 2.86 bits per heavy atom. The van der Waals surface area contributed by atoms with E-state index in [1.807, 2.05) is 42.2 Å². The Labute approximate surface area is 127 Å². The summed E-state index contributed by atoms with van der Waals surface area (Å²) in [6.07, 6.45) is 4.03. The highest BCUT2D eigenvalue weighted by atomic mass is 15.3. The maximum absolute atomic E-state index is 9.03. The molecule has 1 aliphatic heterocycles. The van der Waals surface area contributed by atoms with Gasteiger partial charge in [-0.2, -0.15) is 10.4 Å². The fraction of sp³-hybridized carbons (Fsp3) is 0.188. The quantitative estimate of drug-likeness (QED) is 0.734. The fourth-order valence-electron chi connectivity index (χ4n) is 2.84. The fourth-order valence-corrected chi connectivity index (χ4v) is 2.84. The van der Waals surface area contributed by atoms with Crippen LogP contribution in [0.15, 0.2) is 36.5 Å². The first-order valence-corrected chi connectivity index (χ1v) is 7.06. The molecule has 2 aromatic heterocycles. The number of aromatic nitrogens is 3. The molecule has 6 nitrogen and oxygen atoms in total. The Kier molecular flexibility index (Phi) is 2.73. The molecule has 108 valence electrons. The molecule has 4 rings (SSSR count). The highest BCUT2D eigenvalue weighted by Crippen LogP contribution is 2.30. The molecule has 1 N–H and O–H groups in total. The lowest BCUT2D eigenvalue weighted by Gasteiger charge is -2.10. The van der Waals surface area contributed by atoms with E-state index in [9.17, 15) is 0 Å². The van der Waals surface area contributed by atoms with Gasteiger partial charge in [-0.15, -0.1) is 0 Å². The number of fused-ring (bicyclic) bond motifs is 2. The molecule has 0 saturated carbocycles. The van der Waals surface area contributed by atoms with Gasteiger partial charge < -0.3 is 5.32 Å². The number of benzene rings is 1. The number of rotatable bonds is 2. The predicted molar refractivity (Wildman–Crippen MR) is 83.1 cm³/mol. The SMILES string of the molecule is Cn1nc2c(c1Nc1cc3ccccc3cn1)CN(C#N)C2. The van der Waals surface area contributed by atoms with Crippen LogP contribution < -0.4 is 5.32 Å². The van der Waals surface area contributed by atoms with Crippen molar-refractivity contribution in [3.63, 3.8) is 0 Å². The van der Waals surface area contributed by atoms with E-state index in [4.69, 9.17) is 5.26 Å². The van der Waals surface area contributed by atoms with E-state index in [0.717, 1.165) is 33.7 Å². The zero-order chi connectivity index (χ0) is 15.1. The summed E-state index contributed by atoms with van der Waals surface area (Å²) >= 11 is 0. The van der Waals surface area contributed by atoms with Crippen molar-refractivity contribution in [2.45, 2.75) is 13.1 Å². The third-order valence-corrected chi connectivity index (χ3v) is 3.94. The number of pyridine rings is 1. The maximum Gasteiger partial charge on any atom is 0.180 e. The molecule has 0 aliphatic carbocycles. The van der Waals surface area contributed by atoms with Gasteiger partial charge in [-0.1, -0.05) is 24.3 Å². The number of hydrogen-bond donors (Lipinski definition) is 1. The lowest BCUT2D eigenvalue weighted by molar-refractivity contribution is 0.409. The van der Waals surface area contributed by atoms with Gasteiger partial charge in [0.1, 0.15) is 11.6 Å². The summed E-state index contributed by atoms with van der Waals surface area (Å²) in [5.74, 6) is 1.68. The minimum Gasteiger partial charge on any atom is -0.325 e. The van der Waals surface area contributed by atoms with Crippen LogP contribution in [0.3, 0.4) is 0 Å². The number of nitriles is 1. The van der Waals surface area contributed by atoms with Gasteiger partial charge in [-0.25, -0.2) is 4.98 Å². The van der Waals surface area contributed by atoms with Crippen LogP contribution in [0.4, 0.5) is 11.6 Å². The van der Waals surface area contributed by atoms with Crippen molar-refractivity contribution < 1.29 is 0 Å². The van der Waals surface area contributed by atoms with E-state index in [1.165, 1.54) is 0 Å². The Bertz CT molecular complexity index is 905. The average Bonchev–Trinajstić information content (AvgIpc) is 3.06. The van der Waals surface area contributed by atoms with Gasteiger partial charge in [-0.05, 0) is 11.5 Å². The topological polar surface area (TPSA) is 69.8 Å². The lowest BCUT2D eigenvalue weighted by Crippen LogP contribution is -2.11. The highest BCUT2D eigenvalue weighted by Gasteiger charge is 2.26. The monoisotopic (exact) mass is 290 g/mol. The van der Waals surface area contributed by atoms with Crippen LogP contribution in [0.5, 0.6) is 0 Å². The normalized spacial score (nSPS) is 13.2. The second-order valence-corrected chi connectivity index (χ2v) is 5.40. The molecular formula is C16H14N6. The van der Waals surface area contributed by atoms with Crippen molar-refractivity contribution in [1.82, 2.24) is 19.7 Å². The molecule has 3 aromatic rings. The lowest BCUT2D eigenvalue weighted by atomic mass is 10.2. The van der Waals surface area contributed by atoms with Crippen LogP contribution in [0.1, 0.15) is 11.3 Å². The Morgan fingerprint density at radius 1 is 1.23 bits per heavy atom. The molecule has 3 heterocycles. The molecule has 22 heavy (non-hydrogen) atoms. The van der Waals surface area contributed by atoms with Crippen LogP contribution in [0, 0.1) is 11.5 Å². The largest absolute Gasteiger partial charge is 0.325 e. The molecule has 0 amide bonds. The zero-order valence-electron chi connectivity index (χ0n) is 12.1. The minimum atomic E-state index is 0.576. The van der Waals surface area contributed by atoms with Gasteiger partial charge in [0.05, 0.1) is 18.8 Å². The number of aryl methyl sites for hydroxylation is 1. The zero-order valence-corrected chi connectivity index (χ0v) is 12.1. The third kappa shape index (κ3) is 1.95. The van der Waals surface area contributed by atoms with Crippen molar-refractivity contribution in [3.8, 4) is 6.19 Å². The van der Waals surface area contributed by atoms with Crippen molar-refractivity contribution in [2.24, 2.45) is 7.05 Å². The molecule has 0 fully saturated rings. The summed E-state index contributed by atoms with van der Waals surface area (Å²) in [5, 5.41) is 19.1. The smallest absolute Gasteiger partial charge is 0.180 e. The van der Waals surface area contributed by atoms with Gasteiger partial charge in [0.15, 0.2) is 6.19 Å². The summed E-state index contributed by atoms with van der Waals surface area (Å²) < 4.78 is 1.82. The Morgan fingerprint density at radius 2 is 2.05 bits per heavy atom. The molecule has 0 saturated heterocycles. The molecule has 6 heteroatoms. The van der Waals surface area contributed by atoms with E-state index in [0.29, 0.717) is 13.1 Å². The summed E-state index contributed by atoms with van der Waals surface area (Å²) in [5.41, 5.74) is 2.02. The van der Waals surface area contributed by atoms with Crippen molar-refractivity contribution >= 4 is 22.4 Å². The Hall–Kier alpha value is -3.07. The van der Waals surface area contributed by atoms with E-state index in [-0.39, 0.29) is 0 Å². The predicted octanol–water partition coefficient (Wildman–Crippen LogP) is 2.51. The second-order valence-electron chi connectivity index (χ2n) is 5.40. The van der Waals surface area contributed by atoms with Crippen LogP contribution in [0.25, 0.3) is 10.8 Å². The van der Waals surface area contributed by atoms with E-state index in [2.05, 4.69) is 27.7 Å². The molecule has 0 atom stereocenters. The average molecular weight is 290 g/mol. The van der Waals surface area contributed by atoms with Gasteiger partial charge in [0.25, 0.3) is 0 Å².